The molecule has 0 saturated heterocycles. The van der Waals surface area contributed by atoms with E-state index in [4.69, 9.17) is 0 Å². The molecule has 1 heteroatoms. The highest BCUT2D eigenvalue weighted by molar-refractivity contribution is 5.85. The predicted molar refractivity (Wildman–Crippen MR) is 86.0 cm³/mol. The Balaban J connectivity index is 1.54. The van der Waals surface area contributed by atoms with E-state index < -0.39 is 0 Å². The summed E-state index contributed by atoms with van der Waals surface area (Å²) in [5.74, 6) is 2.25. The molecule has 0 aromatic heterocycles. The van der Waals surface area contributed by atoms with Crippen molar-refractivity contribution in [2.24, 2.45) is 28.1 Å². The molecule has 0 aliphatic heterocycles. The van der Waals surface area contributed by atoms with Crippen molar-refractivity contribution in [2.75, 3.05) is 0 Å². The van der Waals surface area contributed by atoms with Crippen molar-refractivity contribution in [3.63, 3.8) is 0 Å². The van der Waals surface area contributed by atoms with Crippen molar-refractivity contribution in [1.82, 2.24) is 0 Å². The first-order chi connectivity index (χ1) is 9.91. The van der Waals surface area contributed by atoms with Gasteiger partial charge in [0.2, 0.25) is 0 Å². The molecule has 5 rings (SSSR count). The first-order valence-corrected chi connectivity index (χ1v) is 9.44. The predicted octanol–water partition coefficient (Wildman–Crippen LogP) is 5.52. The Morgan fingerprint density at radius 1 is 0.905 bits per heavy atom. The molecule has 0 radical (unpaired) electrons. The molecule has 5 saturated carbocycles. The number of Topliss-reactive ketones (excluding diaryl/α,β-unsaturated/α-hetero) is 1. The van der Waals surface area contributed by atoms with Gasteiger partial charge in [-0.15, -0.1) is 0 Å². The fourth-order valence-corrected chi connectivity index (χ4v) is 7.63. The molecule has 0 aromatic rings. The Labute approximate surface area is 130 Å². The van der Waals surface area contributed by atoms with Gasteiger partial charge in [0.25, 0.3) is 0 Å². The van der Waals surface area contributed by atoms with Crippen LogP contribution in [0.2, 0.25) is 0 Å². The highest BCUT2D eigenvalue weighted by Crippen LogP contribution is 2.70. The second kappa shape index (κ2) is 4.59. The fourth-order valence-electron chi connectivity index (χ4n) is 7.63. The molecule has 0 spiro atoms. The summed E-state index contributed by atoms with van der Waals surface area (Å²) in [7, 11) is 0. The largest absolute Gasteiger partial charge is 0.299 e. The van der Waals surface area contributed by atoms with Crippen LogP contribution in [-0.2, 0) is 4.79 Å². The number of ketones is 1. The van der Waals surface area contributed by atoms with Crippen molar-refractivity contribution in [3.8, 4) is 0 Å². The van der Waals surface area contributed by atoms with Crippen LogP contribution in [0.4, 0.5) is 0 Å². The zero-order valence-corrected chi connectivity index (χ0v) is 14.0. The van der Waals surface area contributed by atoms with E-state index >= 15 is 0 Å². The second-order valence-electron chi connectivity index (χ2n) is 10.0. The first kappa shape index (κ1) is 14.3. The van der Waals surface area contributed by atoms with Crippen LogP contribution < -0.4 is 0 Å². The summed E-state index contributed by atoms with van der Waals surface area (Å²) in [6.07, 6.45) is 15.6. The average Bonchev–Trinajstić information content (AvgIpc) is 2.35. The summed E-state index contributed by atoms with van der Waals surface area (Å²) in [6, 6.07) is 0. The standard InChI is InChI=1S/C20H32O/c1-18-9-16-10-19(2,12-18)14-20(11-16,13-18)17(21)8-15-6-4-3-5-7-15/h15-16H,3-14H2,1-2H3. The van der Waals surface area contributed by atoms with Crippen LogP contribution in [0.3, 0.4) is 0 Å². The minimum atomic E-state index is 0.0976. The van der Waals surface area contributed by atoms with Crippen LogP contribution in [0.5, 0.6) is 0 Å². The zero-order valence-electron chi connectivity index (χ0n) is 14.0. The molecular weight excluding hydrogens is 256 g/mol. The average molecular weight is 288 g/mol. The highest BCUT2D eigenvalue weighted by Gasteiger charge is 2.62. The van der Waals surface area contributed by atoms with E-state index in [2.05, 4.69) is 13.8 Å². The molecule has 1 nitrogen and oxygen atoms in total. The van der Waals surface area contributed by atoms with Crippen LogP contribution in [0.25, 0.3) is 0 Å². The zero-order chi connectivity index (χ0) is 14.7. The van der Waals surface area contributed by atoms with Crippen molar-refractivity contribution < 1.29 is 4.79 Å². The number of rotatable bonds is 3. The van der Waals surface area contributed by atoms with Gasteiger partial charge in [-0.3, -0.25) is 4.79 Å². The molecule has 0 amide bonds. The van der Waals surface area contributed by atoms with E-state index in [1.807, 2.05) is 0 Å². The van der Waals surface area contributed by atoms with Gasteiger partial charge in [0.1, 0.15) is 5.78 Å². The van der Waals surface area contributed by atoms with Gasteiger partial charge in [-0.05, 0) is 61.2 Å². The molecule has 5 fully saturated rings. The Morgan fingerprint density at radius 2 is 1.52 bits per heavy atom. The van der Waals surface area contributed by atoms with E-state index in [0.29, 0.717) is 16.6 Å². The fraction of sp³-hybridized carbons (Fsp3) is 0.950. The van der Waals surface area contributed by atoms with E-state index in [1.54, 1.807) is 0 Å². The Hall–Kier alpha value is -0.330. The van der Waals surface area contributed by atoms with Gasteiger partial charge in [0.15, 0.2) is 0 Å². The van der Waals surface area contributed by atoms with Gasteiger partial charge in [0.05, 0.1) is 0 Å². The molecule has 0 aromatic carbocycles. The summed E-state index contributed by atoms with van der Waals surface area (Å²) in [5.41, 5.74) is 1.06. The number of carbonyl (C=O) groups is 1. The molecule has 5 aliphatic rings. The maximum Gasteiger partial charge on any atom is 0.139 e. The molecule has 2 unspecified atom stereocenters. The maximum atomic E-state index is 13.2. The Morgan fingerprint density at radius 3 is 2.10 bits per heavy atom. The van der Waals surface area contributed by atoms with Gasteiger partial charge in [-0.1, -0.05) is 46.0 Å². The monoisotopic (exact) mass is 288 g/mol. The second-order valence-corrected chi connectivity index (χ2v) is 10.0. The first-order valence-electron chi connectivity index (χ1n) is 9.44. The summed E-state index contributed by atoms with van der Waals surface area (Å²) in [4.78, 5) is 13.2. The van der Waals surface area contributed by atoms with E-state index in [-0.39, 0.29) is 5.41 Å². The van der Waals surface area contributed by atoms with Gasteiger partial charge >= 0.3 is 0 Å². The van der Waals surface area contributed by atoms with Crippen molar-refractivity contribution in [1.29, 1.82) is 0 Å². The number of hydrogen-bond donors (Lipinski definition) is 0. The smallest absolute Gasteiger partial charge is 0.139 e. The van der Waals surface area contributed by atoms with Crippen molar-refractivity contribution >= 4 is 5.78 Å². The summed E-state index contributed by atoms with van der Waals surface area (Å²) in [5, 5.41) is 0. The molecule has 118 valence electrons. The molecule has 21 heavy (non-hydrogen) atoms. The van der Waals surface area contributed by atoms with Crippen LogP contribution in [0.1, 0.15) is 90.9 Å². The minimum absolute atomic E-state index is 0.0976. The molecular formula is C20H32O. The van der Waals surface area contributed by atoms with Crippen LogP contribution in [-0.4, -0.2) is 5.78 Å². The van der Waals surface area contributed by atoms with Crippen LogP contribution >= 0.6 is 0 Å². The lowest BCUT2D eigenvalue weighted by molar-refractivity contribution is -0.169. The van der Waals surface area contributed by atoms with Gasteiger partial charge in [-0.2, -0.15) is 0 Å². The quantitative estimate of drug-likeness (QED) is 0.668. The van der Waals surface area contributed by atoms with Gasteiger partial charge in [0, 0.05) is 11.8 Å². The van der Waals surface area contributed by atoms with Gasteiger partial charge < -0.3 is 0 Å². The SMILES string of the molecule is CC12CC3CC(C)(C1)CC(C(=O)CC1CCCCC1)(C3)C2. The summed E-state index contributed by atoms with van der Waals surface area (Å²) in [6.45, 7) is 4.97. The Kier molecular flexibility index (Phi) is 3.12. The highest BCUT2D eigenvalue weighted by atomic mass is 16.1. The Bertz CT molecular complexity index is 427. The van der Waals surface area contributed by atoms with Crippen LogP contribution in [0.15, 0.2) is 0 Å². The lowest BCUT2D eigenvalue weighted by atomic mass is 9.39. The van der Waals surface area contributed by atoms with Crippen molar-refractivity contribution in [3.05, 3.63) is 0 Å². The van der Waals surface area contributed by atoms with E-state index in [1.165, 1.54) is 70.6 Å². The third-order valence-electron chi connectivity index (χ3n) is 7.42. The molecule has 5 aliphatic carbocycles. The topological polar surface area (TPSA) is 17.1 Å². The van der Waals surface area contributed by atoms with E-state index in [0.717, 1.165) is 18.3 Å². The molecule has 0 heterocycles. The lowest BCUT2D eigenvalue weighted by Gasteiger charge is -2.65. The molecule has 0 N–H and O–H groups in total. The number of carbonyl (C=O) groups excluding carboxylic acids is 1. The summed E-state index contributed by atoms with van der Waals surface area (Å²) >= 11 is 0. The maximum absolute atomic E-state index is 13.2. The van der Waals surface area contributed by atoms with Gasteiger partial charge in [-0.25, -0.2) is 0 Å². The normalized spacial score (nSPS) is 49.5. The van der Waals surface area contributed by atoms with E-state index in [9.17, 15) is 4.79 Å². The summed E-state index contributed by atoms with van der Waals surface area (Å²) < 4.78 is 0. The molecule has 4 bridgehead atoms. The van der Waals surface area contributed by atoms with Crippen molar-refractivity contribution in [2.45, 2.75) is 90.9 Å². The third-order valence-corrected chi connectivity index (χ3v) is 7.42. The minimum Gasteiger partial charge on any atom is -0.299 e. The van der Waals surface area contributed by atoms with Crippen LogP contribution in [0, 0.1) is 28.1 Å². The molecule has 2 atom stereocenters. The number of hydrogen-bond acceptors (Lipinski definition) is 1. The third kappa shape index (κ3) is 2.39. The lowest BCUT2D eigenvalue weighted by Crippen LogP contribution is -2.57.